The molecule has 1 atom stereocenters. The molecule has 1 aromatic heterocycles. The molecule has 0 aliphatic carbocycles. The van der Waals surface area contributed by atoms with Gasteiger partial charge in [-0.2, -0.15) is 0 Å². The fourth-order valence-electron chi connectivity index (χ4n) is 2.51. The van der Waals surface area contributed by atoms with Crippen LogP contribution in [-0.2, 0) is 6.54 Å². The Morgan fingerprint density at radius 3 is 3.19 bits per heavy atom. The molecule has 16 heavy (non-hydrogen) atoms. The molecule has 0 radical (unpaired) electrons. The first-order valence-corrected chi connectivity index (χ1v) is 6.04. The number of rotatable bonds is 2. The number of hydrogen-bond donors (Lipinski definition) is 1. The van der Waals surface area contributed by atoms with Gasteiger partial charge >= 0.3 is 0 Å². The summed E-state index contributed by atoms with van der Waals surface area (Å²) < 4.78 is 2.28. The molecule has 1 fully saturated rings. The van der Waals surface area contributed by atoms with Crippen molar-refractivity contribution < 1.29 is 0 Å². The molecule has 1 aromatic carbocycles. The van der Waals surface area contributed by atoms with Crippen molar-refractivity contribution in [2.75, 3.05) is 13.1 Å². The normalized spacial score (nSPS) is 21.4. The number of hydrogen-bond acceptors (Lipinski definition) is 2. The first-order chi connectivity index (χ1) is 7.93. The highest BCUT2D eigenvalue weighted by Crippen LogP contribution is 2.17. The maximum Gasteiger partial charge on any atom is 0.0958 e. The molecule has 2 heterocycles. The minimum atomic E-state index is 0.756. The maximum atomic E-state index is 4.43. The van der Waals surface area contributed by atoms with Gasteiger partial charge in [-0.3, -0.25) is 0 Å². The Kier molecular flexibility index (Phi) is 2.62. The second kappa shape index (κ2) is 4.26. The molecular weight excluding hydrogens is 198 g/mol. The standard InChI is InChI=1S/C13H17N3/c1-2-6-13-12(5-1)15-10-16(13)9-11-4-3-7-14-8-11/h1-2,5-6,10-11,14H,3-4,7-9H2. The van der Waals surface area contributed by atoms with Crippen LogP contribution in [-0.4, -0.2) is 22.6 Å². The van der Waals surface area contributed by atoms with E-state index < -0.39 is 0 Å². The Labute approximate surface area is 95.5 Å². The van der Waals surface area contributed by atoms with Crippen LogP contribution >= 0.6 is 0 Å². The van der Waals surface area contributed by atoms with Crippen molar-refractivity contribution in [2.24, 2.45) is 5.92 Å². The number of piperidine rings is 1. The molecule has 3 nitrogen and oxygen atoms in total. The van der Waals surface area contributed by atoms with Crippen LogP contribution in [0.1, 0.15) is 12.8 Å². The van der Waals surface area contributed by atoms with Crippen molar-refractivity contribution in [3.63, 3.8) is 0 Å². The third kappa shape index (κ3) is 1.83. The van der Waals surface area contributed by atoms with Gasteiger partial charge < -0.3 is 9.88 Å². The highest BCUT2D eigenvalue weighted by molar-refractivity contribution is 5.74. The minimum absolute atomic E-state index is 0.756. The lowest BCUT2D eigenvalue weighted by Gasteiger charge is -2.23. The molecule has 1 aliphatic heterocycles. The van der Waals surface area contributed by atoms with Gasteiger partial charge in [-0.25, -0.2) is 4.98 Å². The van der Waals surface area contributed by atoms with E-state index in [1.807, 2.05) is 12.4 Å². The lowest BCUT2D eigenvalue weighted by molar-refractivity contribution is 0.340. The average Bonchev–Trinajstić information content (AvgIpc) is 2.74. The van der Waals surface area contributed by atoms with Gasteiger partial charge in [0.1, 0.15) is 0 Å². The first-order valence-electron chi connectivity index (χ1n) is 6.04. The first kappa shape index (κ1) is 9.85. The number of nitrogens with one attached hydrogen (secondary N) is 1. The second-order valence-electron chi connectivity index (χ2n) is 4.60. The van der Waals surface area contributed by atoms with Crippen LogP contribution in [0.15, 0.2) is 30.6 Å². The van der Waals surface area contributed by atoms with Gasteiger partial charge in [-0.15, -0.1) is 0 Å². The van der Waals surface area contributed by atoms with Gasteiger partial charge in [0.05, 0.1) is 17.4 Å². The molecule has 84 valence electrons. The zero-order valence-corrected chi connectivity index (χ0v) is 9.39. The minimum Gasteiger partial charge on any atom is -0.330 e. The zero-order chi connectivity index (χ0) is 10.8. The predicted octanol–water partition coefficient (Wildman–Crippen LogP) is 2.04. The third-order valence-corrected chi connectivity index (χ3v) is 3.38. The van der Waals surface area contributed by atoms with Crippen molar-refractivity contribution in [1.29, 1.82) is 0 Å². The van der Waals surface area contributed by atoms with E-state index in [0.717, 1.165) is 24.5 Å². The summed E-state index contributed by atoms with van der Waals surface area (Å²) in [6.45, 7) is 3.42. The van der Waals surface area contributed by atoms with Gasteiger partial charge in [0, 0.05) is 6.54 Å². The Bertz CT molecular complexity index is 469. The number of aromatic nitrogens is 2. The third-order valence-electron chi connectivity index (χ3n) is 3.38. The van der Waals surface area contributed by atoms with Gasteiger partial charge in [-0.05, 0) is 44.0 Å². The summed E-state index contributed by atoms with van der Waals surface area (Å²) in [5, 5.41) is 3.46. The van der Waals surface area contributed by atoms with E-state index in [1.54, 1.807) is 0 Å². The summed E-state index contributed by atoms with van der Waals surface area (Å²) in [7, 11) is 0. The summed E-state index contributed by atoms with van der Waals surface area (Å²) in [6, 6.07) is 8.35. The van der Waals surface area contributed by atoms with Crippen LogP contribution in [0.3, 0.4) is 0 Å². The molecular formula is C13H17N3. The molecule has 0 amide bonds. The summed E-state index contributed by atoms with van der Waals surface area (Å²) in [5.74, 6) is 0.756. The molecule has 1 saturated heterocycles. The van der Waals surface area contributed by atoms with E-state index in [4.69, 9.17) is 0 Å². The van der Waals surface area contributed by atoms with Gasteiger partial charge in [0.25, 0.3) is 0 Å². The Hall–Kier alpha value is -1.35. The van der Waals surface area contributed by atoms with Crippen LogP contribution in [0.4, 0.5) is 0 Å². The number of fused-ring (bicyclic) bond motifs is 1. The topological polar surface area (TPSA) is 29.9 Å². The average molecular weight is 215 g/mol. The lowest BCUT2D eigenvalue weighted by Crippen LogP contribution is -2.32. The fraction of sp³-hybridized carbons (Fsp3) is 0.462. The Morgan fingerprint density at radius 2 is 2.31 bits per heavy atom. The second-order valence-corrected chi connectivity index (χ2v) is 4.60. The molecule has 1 N–H and O–H groups in total. The number of benzene rings is 1. The Balaban J connectivity index is 1.83. The number of para-hydroxylation sites is 2. The van der Waals surface area contributed by atoms with Crippen LogP contribution in [0, 0.1) is 5.92 Å². The van der Waals surface area contributed by atoms with Gasteiger partial charge in [0.15, 0.2) is 0 Å². The van der Waals surface area contributed by atoms with E-state index in [1.165, 1.54) is 24.9 Å². The number of nitrogens with zero attached hydrogens (tertiary/aromatic N) is 2. The van der Waals surface area contributed by atoms with E-state index in [-0.39, 0.29) is 0 Å². The lowest BCUT2D eigenvalue weighted by atomic mass is 10.00. The van der Waals surface area contributed by atoms with Crippen molar-refractivity contribution in [3.05, 3.63) is 30.6 Å². The van der Waals surface area contributed by atoms with Crippen LogP contribution in [0.2, 0.25) is 0 Å². The smallest absolute Gasteiger partial charge is 0.0958 e. The summed E-state index contributed by atoms with van der Waals surface area (Å²) in [5.41, 5.74) is 2.36. The van der Waals surface area contributed by atoms with E-state index in [0.29, 0.717) is 0 Å². The monoisotopic (exact) mass is 215 g/mol. The summed E-state index contributed by atoms with van der Waals surface area (Å²) >= 11 is 0. The molecule has 2 aromatic rings. The quantitative estimate of drug-likeness (QED) is 0.830. The maximum absolute atomic E-state index is 4.43. The molecule has 0 bridgehead atoms. The van der Waals surface area contributed by atoms with Gasteiger partial charge in [-0.1, -0.05) is 12.1 Å². The van der Waals surface area contributed by atoms with Crippen LogP contribution in [0.5, 0.6) is 0 Å². The van der Waals surface area contributed by atoms with Crippen LogP contribution < -0.4 is 5.32 Å². The van der Waals surface area contributed by atoms with E-state index in [2.05, 4.69) is 33.1 Å². The molecule has 3 rings (SSSR count). The zero-order valence-electron chi connectivity index (χ0n) is 9.39. The van der Waals surface area contributed by atoms with Crippen molar-refractivity contribution >= 4 is 11.0 Å². The summed E-state index contributed by atoms with van der Waals surface area (Å²) in [6.07, 6.45) is 4.61. The molecule has 1 unspecified atom stereocenters. The molecule has 0 saturated carbocycles. The van der Waals surface area contributed by atoms with E-state index >= 15 is 0 Å². The largest absolute Gasteiger partial charge is 0.330 e. The summed E-state index contributed by atoms with van der Waals surface area (Å²) in [4.78, 5) is 4.43. The van der Waals surface area contributed by atoms with Crippen molar-refractivity contribution in [3.8, 4) is 0 Å². The van der Waals surface area contributed by atoms with Gasteiger partial charge in [0.2, 0.25) is 0 Å². The van der Waals surface area contributed by atoms with Crippen molar-refractivity contribution in [2.45, 2.75) is 19.4 Å². The Morgan fingerprint density at radius 1 is 1.38 bits per heavy atom. The predicted molar refractivity (Wildman–Crippen MR) is 65.3 cm³/mol. The number of imidazole rings is 1. The van der Waals surface area contributed by atoms with Crippen LogP contribution in [0.25, 0.3) is 11.0 Å². The SMILES string of the molecule is c1ccc2c(c1)ncn2CC1CCCNC1. The molecule has 1 aliphatic rings. The molecule has 0 spiro atoms. The molecule has 3 heteroatoms. The van der Waals surface area contributed by atoms with Crippen molar-refractivity contribution in [1.82, 2.24) is 14.9 Å². The van der Waals surface area contributed by atoms with E-state index in [9.17, 15) is 0 Å². The fourth-order valence-corrected chi connectivity index (χ4v) is 2.51. The highest BCUT2D eigenvalue weighted by Gasteiger charge is 2.14. The highest BCUT2D eigenvalue weighted by atomic mass is 15.1.